The van der Waals surface area contributed by atoms with E-state index in [1.165, 1.54) is 0 Å². The van der Waals surface area contributed by atoms with E-state index in [-0.39, 0.29) is 23.3 Å². The molecule has 0 aliphatic heterocycles. The van der Waals surface area contributed by atoms with Gasteiger partial charge in [0.05, 0.1) is 19.0 Å². The van der Waals surface area contributed by atoms with Crippen LogP contribution in [0.4, 0.5) is 13.2 Å². The lowest BCUT2D eigenvalue weighted by molar-refractivity contribution is -0.140. The van der Waals surface area contributed by atoms with Crippen molar-refractivity contribution in [2.45, 2.75) is 12.8 Å². The maximum atomic E-state index is 13.0. The van der Waals surface area contributed by atoms with Crippen molar-refractivity contribution < 1.29 is 22.6 Å². The lowest BCUT2D eigenvalue weighted by Gasteiger charge is -2.09. The number of hydrogen-bond donors (Lipinski definition) is 0. The summed E-state index contributed by atoms with van der Waals surface area (Å²) in [6, 6.07) is 8.92. The molecule has 0 N–H and O–H groups in total. The minimum Gasteiger partial charge on any atom is -0.497 e. The summed E-state index contributed by atoms with van der Waals surface area (Å²) in [6.07, 6.45) is -1.20. The van der Waals surface area contributed by atoms with E-state index >= 15 is 0 Å². The Morgan fingerprint density at radius 3 is 2.48 bits per heavy atom. The molecule has 0 saturated carbocycles. The number of methoxy groups -OCH3 is 1. The van der Waals surface area contributed by atoms with E-state index in [9.17, 15) is 13.2 Å². The van der Waals surface area contributed by atoms with E-state index < -0.39 is 11.9 Å². The fraction of sp³-hybridized carbons (Fsp3) is 0.200. The van der Waals surface area contributed by atoms with Gasteiger partial charge in [0, 0.05) is 30.3 Å². The number of ether oxygens (including phenoxy) is 2. The van der Waals surface area contributed by atoms with Gasteiger partial charge in [-0.2, -0.15) is 23.3 Å². The molecule has 11 heteroatoms. The van der Waals surface area contributed by atoms with Crippen LogP contribution in [0.5, 0.6) is 11.6 Å². The molecule has 31 heavy (non-hydrogen) atoms. The third kappa shape index (κ3) is 4.82. The van der Waals surface area contributed by atoms with Crippen LogP contribution in [0.3, 0.4) is 0 Å². The predicted octanol–water partition coefficient (Wildman–Crippen LogP) is 4.61. The normalized spacial score (nSPS) is 11.5. The lowest BCUT2D eigenvalue weighted by Crippen LogP contribution is -2.05. The van der Waals surface area contributed by atoms with Gasteiger partial charge in [0.2, 0.25) is 5.88 Å². The van der Waals surface area contributed by atoms with Gasteiger partial charge in [-0.1, -0.05) is 12.1 Å². The molecule has 3 aromatic heterocycles. The molecule has 3 heterocycles. The van der Waals surface area contributed by atoms with E-state index in [2.05, 4.69) is 20.1 Å². The fourth-order valence-corrected chi connectivity index (χ4v) is 3.44. The van der Waals surface area contributed by atoms with Crippen molar-refractivity contribution >= 4 is 11.3 Å². The summed E-state index contributed by atoms with van der Waals surface area (Å²) in [6.45, 7) is 0.207. The van der Waals surface area contributed by atoms with Crippen molar-refractivity contribution in [2.75, 3.05) is 7.11 Å². The minimum atomic E-state index is -4.54. The van der Waals surface area contributed by atoms with Crippen LogP contribution >= 0.6 is 11.3 Å². The predicted molar refractivity (Wildman–Crippen MR) is 108 cm³/mol. The van der Waals surface area contributed by atoms with Crippen molar-refractivity contribution in [3.05, 3.63) is 59.4 Å². The number of benzene rings is 1. The van der Waals surface area contributed by atoms with Crippen molar-refractivity contribution in [3.8, 4) is 33.7 Å². The molecule has 0 aliphatic carbocycles. The zero-order valence-corrected chi connectivity index (χ0v) is 17.2. The highest BCUT2D eigenvalue weighted by Gasteiger charge is 2.34. The van der Waals surface area contributed by atoms with Crippen LogP contribution in [0.15, 0.2) is 48.1 Å². The molecule has 0 radical (unpaired) electrons. The molecule has 0 atom stereocenters. The minimum absolute atomic E-state index is 0.0478. The quantitative estimate of drug-likeness (QED) is 0.430. The largest absolute Gasteiger partial charge is 0.497 e. The van der Waals surface area contributed by atoms with Crippen molar-refractivity contribution in [2.24, 2.45) is 7.05 Å². The van der Waals surface area contributed by atoms with Gasteiger partial charge in [0.15, 0.2) is 16.5 Å². The Kier molecular flexibility index (Phi) is 5.59. The van der Waals surface area contributed by atoms with Gasteiger partial charge in [-0.15, -0.1) is 11.3 Å². The third-order valence-electron chi connectivity index (χ3n) is 4.23. The average molecular weight is 447 g/mol. The first-order valence-electron chi connectivity index (χ1n) is 8.99. The summed E-state index contributed by atoms with van der Waals surface area (Å²) < 4.78 is 51.4. The summed E-state index contributed by atoms with van der Waals surface area (Å²) in [5, 5.41) is 5.10. The number of halogens is 3. The summed E-state index contributed by atoms with van der Waals surface area (Å²) in [7, 11) is 3.33. The molecular weight excluding hydrogens is 431 g/mol. The average Bonchev–Trinajstić information content (AvgIpc) is 3.42. The number of rotatable bonds is 6. The molecule has 0 unspecified atom stereocenters. The highest BCUT2D eigenvalue weighted by molar-refractivity contribution is 7.13. The maximum absolute atomic E-state index is 13.0. The van der Waals surface area contributed by atoms with E-state index in [1.54, 1.807) is 49.4 Å². The Bertz CT molecular complexity index is 1190. The lowest BCUT2D eigenvalue weighted by atomic mass is 10.2. The van der Waals surface area contributed by atoms with Crippen molar-refractivity contribution in [1.82, 2.24) is 24.7 Å². The SMILES string of the molecule is COc1ccc(COc2cc(-c3cnn(C)c3)nc(-c3nc(C(F)(F)F)cs3)n2)cc1. The molecule has 0 saturated heterocycles. The van der Waals surface area contributed by atoms with Gasteiger partial charge in [-0.25, -0.2) is 9.97 Å². The molecule has 0 bridgehead atoms. The molecule has 0 fully saturated rings. The standard InChI is InChI=1S/C20H16F3N5O2S/c1-28-9-13(8-24-28)15-7-17(30-10-12-3-5-14(29-2)6-4-12)27-18(25-15)19-26-16(11-31-19)20(21,22)23/h3-9,11H,10H2,1-2H3. The molecule has 4 rings (SSSR count). The summed E-state index contributed by atoms with van der Waals surface area (Å²) in [5.41, 5.74) is 1.03. The Morgan fingerprint density at radius 2 is 1.87 bits per heavy atom. The smallest absolute Gasteiger partial charge is 0.434 e. The second-order valence-electron chi connectivity index (χ2n) is 6.49. The molecule has 0 aliphatic rings. The highest BCUT2D eigenvalue weighted by Crippen LogP contribution is 2.34. The fourth-order valence-electron chi connectivity index (χ4n) is 2.68. The maximum Gasteiger partial charge on any atom is 0.434 e. The van der Waals surface area contributed by atoms with Crippen LogP contribution in [-0.4, -0.2) is 31.8 Å². The van der Waals surface area contributed by atoms with Gasteiger partial charge in [-0.3, -0.25) is 4.68 Å². The summed E-state index contributed by atoms with van der Waals surface area (Å²) in [4.78, 5) is 12.3. The van der Waals surface area contributed by atoms with E-state index in [0.717, 1.165) is 28.0 Å². The number of aromatic nitrogens is 5. The highest BCUT2D eigenvalue weighted by atomic mass is 32.1. The van der Waals surface area contributed by atoms with Gasteiger partial charge in [0.1, 0.15) is 12.4 Å². The number of aryl methyl sites for hydroxylation is 1. The Morgan fingerprint density at radius 1 is 1.10 bits per heavy atom. The molecule has 0 amide bonds. The van der Waals surface area contributed by atoms with Crippen molar-refractivity contribution in [1.29, 1.82) is 0 Å². The first-order chi connectivity index (χ1) is 14.8. The topological polar surface area (TPSA) is 75.0 Å². The first-order valence-corrected chi connectivity index (χ1v) is 9.87. The van der Waals surface area contributed by atoms with Crippen LogP contribution in [0.1, 0.15) is 11.3 Å². The van der Waals surface area contributed by atoms with Gasteiger partial charge in [-0.05, 0) is 17.7 Å². The molecule has 4 aromatic rings. The van der Waals surface area contributed by atoms with Crippen LogP contribution in [-0.2, 0) is 19.8 Å². The Hall–Kier alpha value is -3.47. The Labute approximate surface area is 179 Å². The third-order valence-corrected chi connectivity index (χ3v) is 5.07. The van der Waals surface area contributed by atoms with Crippen LogP contribution in [0.2, 0.25) is 0 Å². The summed E-state index contributed by atoms with van der Waals surface area (Å²) >= 11 is 0.819. The van der Waals surface area contributed by atoms with Crippen LogP contribution in [0.25, 0.3) is 22.1 Å². The molecule has 0 spiro atoms. The van der Waals surface area contributed by atoms with Crippen LogP contribution in [0, 0.1) is 0 Å². The van der Waals surface area contributed by atoms with E-state index in [4.69, 9.17) is 9.47 Å². The zero-order valence-electron chi connectivity index (χ0n) is 16.4. The number of hydrogen-bond acceptors (Lipinski definition) is 7. The van der Waals surface area contributed by atoms with E-state index in [0.29, 0.717) is 11.3 Å². The number of thiazole rings is 1. The first kappa shape index (κ1) is 20.8. The van der Waals surface area contributed by atoms with E-state index in [1.807, 2.05) is 12.1 Å². The monoisotopic (exact) mass is 447 g/mol. The second kappa shape index (κ2) is 8.34. The van der Waals surface area contributed by atoms with Gasteiger partial charge in [0.25, 0.3) is 0 Å². The number of nitrogens with zero attached hydrogens (tertiary/aromatic N) is 5. The van der Waals surface area contributed by atoms with Gasteiger partial charge < -0.3 is 9.47 Å². The van der Waals surface area contributed by atoms with Crippen LogP contribution < -0.4 is 9.47 Å². The van der Waals surface area contributed by atoms with Crippen molar-refractivity contribution in [3.63, 3.8) is 0 Å². The summed E-state index contributed by atoms with van der Waals surface area (Å²) in [5.74, 6) is 0.978. The number of alkyl halides is 3. The van der Waals surface area contributed by atoms with Gasteiger partial charge >= 0.3 is 6.18 Å². The molecular formula is C20H16F3N5O2S. The molecule has 1 aromatic carbocycles. The Balaban J connectivity index is 1.66. The molecule has 7 nitrogen and oxygen atoms in total. The molecule has 160 valence electrons. The zero-order chi connectivity index (χ0) is 22.0. The second-order valence-corrected chi connectivity index (χ2v) is 7.35.